The van der Waals surface area contributed by atoms with Crippen LogP contribution >= 0.6 is 39.3 Å². The molecule has 0 radical (unpaired) electrons. The fourth-order valence-electron chi connectivity index (χ4n) is 2.03. The molecule has 1 aromatic heterocycles. The SMILES string of the molecule is CCNC(CSc1ccccc1Cl)c1c(Br)cnn1C. The topological polar surface area (TPSA) is 29.9 Å². The third-order valence-electron chi connectivity index (χ3n) is 2.96. The quantitative estimate of drug-likeness (QED) is 0.765. The first-order chi connectivity index (χ1) is 9.63. The van der Waals surface area contributed by atoms with Crippen LogP contribution in [-0.4, -0.2) is 22.1 Å². The lowest BCUT2D eigenvalue weighted by Crippen LogP contribution is -2.25. The van der Waals surface area contributed by atoms with Crippen LogP contribution in [0.4, 0.5) is 0 Å². The van der Waals surface area contributed by atoms with Crippen LogP contribution < -0.4 is 5.32 Å². The van der Waals surface area contributed by atoms with Gasteiger partial charge in [0.1, 0.15) is 0 Å². The molecule has 0 aliphatic carbocycles. The molecule has 0 spiro atoms. The Morgan fingerprint density at radius 2 is 2.20 bits per heavy atom. The molecule has 1 heterocycles. The van der Waals surface area contributed by atoms with Gasteiger partial charge >= 0.3 is 0 Å². The van der Waals surface area contributed by atoms with Crippen LogP contribution in [0, 0.1) is 0 Å². The number of aromatic nitrogens is 2. The maximum Gasteiger partial charge on any atom is 0.0700 e. The van der Waals surface area contributed by atoms with Gasteiger partial charge in [0.15, 0.2) is 0 Å². The molecule has 0 amide bonds. The summed E-state index contributed by atoms with van der Waals surface area (Å²) in [6.45, 7) is 3.02. The number of halogens is 2. The summed E-state index contributed by atoms with van der Waals surface area (Å²) >= 11 is 11.5. The Labute approximate surface area is 137 Å². The first kappa shape index (κ1) is 15.9. The predicted octanol–water partition coefficient (Wildman–Crippen LogP) is 4.28. The maximum atomic E-state index is 6.20. The van der Waals surface area contributed by atoms with Crippen molar-refractivity contribution in [1.82, 2.24) is 15.1 Å². The highest BCUT2D eigenvalue weighted by Crippen LogP contribution is 2.32. The van der Waals surface area contributed by atoms with Crippen molar-refractivity contribution in [3.05, 3.63) is 45.7 Å². The summed E-state index contributed by atoms with van der Waals surface area (Å²) < 4.78 is 2.94. The van der Waals surface area contributed by atoms with Crippen molar-refractivity contribution < 1.29 is 0 Å². The van der Waals surface area contributed by atoms with Gasteiger partial charge in [-0.3, -0.25) is 4.68 Å². The van der Waals surface area contributed by atoms with Crippen LogP contribution in [0.1, 0.15) is 18.7 Å². The minimum atomic E-state index is 0.225. The Bertz CT molecular complexity index is 554. The van der Waals surface area contributed by atoms with Gasteiger partial charge in [-0.1, -0.05) is 30.7 Å². The number of nitrogens with zero attached hydrogens (tertiary/aromatic N) is 2. The summed E-state index contributed by atoms with van der Waals surface area (Å²) in [7, 11) is 1.96. The van der Waals surface area contributed by atoms with E-state index in [4.69, 9.17) is 11.6 Å². The van der Waals surface area contributed by atoms with Gasteiger partial charge in [0.25, 0.3) is 0 Å². The van der Waals surface area contributed by atoms with E-state index in [1.54, 1.807) is 11.8 Å². The van der Waals surface area contributed by atoms with Gasteiger partial charge in [-0.2, -0.15) is 5.10 Å². The van der Waals surface area contributed by atoms with Crippen molar-refractivity contribution in [2.24, 2.45) is 7.05 Å². The molecule has 0 saturated heterocycles. The smallest absolute Gasteiger partial charge is 0.0700 e. The van der Waals surface area contributed by atoms with Gasteiger partial charge in [0, 0.05) is 17.7 Å². The molecule has 108 valence electrons. The molecular weight excluding hydrogens is 358 g/mol. The lowest BCUT2D eigenvalue weighted by atomic mass is 10.2. The Balaban J connectivity index is 2.13. The summed E-state index contributed by atoms with van der Waals surface area (Å²) in [6, 6.07) is 8.16. The van der Waals surface area contributed by atoms with Crippen molar-refractivity contribution in [2.75, 3.05) is 12.3 Å². The number of rotatable bonds is 6. The number of hydrogen-bond donors (Lipinski definition) is 1. The average molecular weight is 375 g/mol. The zero-order valence-electron chi connectivity index (χ0n) is 11.4. The molecule has 20 heavy (non-hydrogen) atoms. The van der Waals surface area contributed by atoms with E-state index in [1.807, 2.05) is 42.2 Å². The van der Waals surface area contributed by atoms with E-state index in [0.717, 1.165) is 32.4 Å². The molecule has 0 fully saturated rings. The van der Waals surface area contributed by atoms with Crippen molar-refractivity contribution >= 4 is 39.3 Å². The van der Waals surface area contributed by atoms with Gasteiger partial charge in [0.2, 0.25) is 0 Å². The minimum absolute atomic E-state index is 0.225. The van der Waals surface area contributed by atoms with Crippen molar-refractivity contribution in [2.45, 2.75) is 17.9 Å². The lowest BCUT2D eigenvalue weighted by Gasteiger charge is -2.19. The highest BCUT2D eigenvalue weighted by atomic mass is 79.9. The zero-order valence-corrected chi connectivity index (χ0v) is 14.6. The third kappa shape index (κ3) is 3.79. The molecule has 0 bridgehead atoms. The van der Waals surface area contributed by atoms with E-state index < -0.39 is 0 Å². The molecule has 0 aliphatic rings. The highest BCUT2D eigenvalue weighted by Gasteiger charge is 2.18. The summed E-state index contributed by atoms with van der Waals surface area (Å²) in [5.41, 5.74) is 1.16. The van der Waals surface area contributed by atoms with Crippen LogP contribution in [0.3, 0.4) is 0 Å². The molecular formula is C14H17BrClN3S. The van der Waals surface area contributed by atoms with E-state index in [-0.39, 0.29) is 6.04 Å². The summed E-state index contributed by atoms with van der Waals surface area (Å²) in [5, 5.41) is 8.59. The van der Waals surface area contributed by atoms with Gasteiger partial charge < -0.3 is 5.32 Å². The van der Waals surface area contributed by atoms with Gasteiger partial charge in [-0.25, -0.2) is 0 Å². The monoisotopic (exact) mass is 373 g/mol. The van der Waals surface area contributed by atoms with Crippen molar-refractivity contribution in [3.8, 4) is 0 Å². The van der Waals surface area contributed by atoms with Crippen LogP contribution in [0.15, 0.2) is 39.8 Å². The average Bonchev–Trinajstić information content (AvgIpc) is 2.76. The molecule has 6 heteroatoms. The molecule has 1 unspecified atom stereocenters. The Morgan fingerprint density at radius 1 is 1.45 bits per heavy atom. The Morgan fingerprint density at radius 3 is 2.80 bits per heavy atom. The van der Waals surface area contributed by atoms with E-state index >= 15 is 0 Å². The first-order valence-corrected chi connectivity index (χ1v) is 8.57. The fraction of sp³-hybridized carbons (Fsp3) is 0.357. The van der Waals surface area contributed by atoms with E-state index in [2.05, 4.69) is 33.3 Å². The van der Waals surface area contributed by atoms with E-state index in [1.165, 1.54) is 0 Å². The van der Waals surface area contributed by atoms with Crippen LogP contribution in [0.5, 0.6) is 0 Å². The predicted molar refractivity (Wildman–Crippen MR) is 89.5 cm³/mol. The molecule has 1 atom stereocenters. The molecule has 3 nitrogen and oxygen atoms in total. The van der Waals surface area contributed by atoms with E-state index in [0.29, 0.717) is 0 Å². The summed E-state index contributed by atoms with van der Waals surface area (Å²) in [6.07, 6.45) is 1.83. The molecule has 1 aromatic carbocycles. The Hall–Kier alpha value is -0.490. The second kappa shape index (κ2) is 7.50. The number of hydrogen-bond acceptors (Lipinski definition) is 3. The van der Waals surface area contributed by atoms with Gasteiger partial charge in [-0.05, 0) is 34.6 Å². The standard InChI is InChI=1S/C14H17BrClN3S/c1-3-17-12(14-10(15)8-18-19(14)2)9-20-13-7-5-4-6-11(13)16/h4-8,12,17H,3,9H2,1-2H3. The minimum Gasteiger partial charge on any atom is -0.308 e. The third-order valence-corrected chi connectivity index (χ3v) is 5.18. The maximum absolute atomic E-state index is 6.20. The summed E-state index contributed by atoms with van der Waals surface area (Å²) in [4.78, 5) is 1.11. The molecule has 0 saturated carbocycles. The number of thioether (sulfide) groups is 1. The molecule has 0 aliphatic heterocycles. The largest absolute Gasteiger partial charge is 0.308 e. The number of aryl methyl sites for hydroxylation is 1. The molecule has 2 rings (SSSR count). The molecule has 2 aromatic rings. The normalized spacial score (nSPS) is 12.6. The van der Waals surface area contributed by atoms with Gasteiger partial charge in [-0.15, -0.1) is 11.8 Å². The van der Waals surface area contributed by atoms with Crippen LogP contribution in [0.25, 0.3) is 0 Å². The van der Waals surface area contributed by atoms with E-state index in [9.17, 15) is 0 Å². The second-order valence-electron chi connectivity index (χ2n) is 4.35. The second-order valence-corrected chi connectivity index (χ2v) is 6.68. The lowest BCUT2D eigenvalue weighted by molar-refractivity contribution is 0.551. The molecule has 1 N–H and O–H groups in total. The first-order valence-electron chi connectivity index (χ1n) is 6.41. The fourth-order valence-corrected chi connectivity index (χ4v) is 3.95. The van der Waals surface area contributed by atoms with Crippen LogP contribution in [0.2, 0.25) is 5.02 Å². The zero-order chi connectivity index (χ0) is 14.5. The van der Waals surface area contributed by atoms with Gasteiger partial charge in [0.05, 0.1) is 27.4 Å². The number of nitrogens with one attached hydrogen (secondary N) is 1. The van der Waals surface area contributed by atoms with Crippen molar-refractivity contribution in [3.63, 3.8) is 0 Å². The number of benzene rings is 1. The highest BCUT2D eigenvalue weighted by molar-refractivity contribution is 9.10. The van der Waals surface area contributed by atoms with Crippen molar-refractivity contribution in [1.29, 1.82) is 0 Å². The van der Waals surface area contributed by atoms with Crippen LogP contribution in [-0.2, 0) is 7.05 Å². The Kier molecular flexibility index (Phi) is 5.96. The summed E-state index contributed by atoms with van der Waals surface area (Å²) in [5.74, 6) is 0.899.